The van der Waals surface area contributed by atoms with Gasteiger partial charge in [0.2, 0.25) is 0 Å². The van der Waals surface area contributed by atoms with E-state index in [0.717, 1.165) is 71.7 Å². The third kappa shape index (κ3) is 3.31. The van der Waals surface area contributed by atoms with Crippen molar-refractivity contribution in [2.75, 3.05) is 0 Å². The number of rotatable bonds is 2. The second kappa shape index (κ2) is 8.60. The minimum absolute atomic E-state index is 0.586. The van der Waals surface area contributed by atoms with Gasteiger partial charge in [0.05, 0.1) is 40.0 Å². The summed E-state index contributed by atoms with van der Waals surface area (Å²) in [5.74, 6) is 0. The fourth-order valence-electron chi connectivity index (χ4n) is 6.50. The first-order valence-electron chi connectivity index (χ1n) is 14.0. The molecule has 0 unspecified atom stereocenters. The molecule has 3 aromatic heterocycles. The van der Waals surface area contributed by atoms with Crippen LogP contribution in [-0.4, -0.2) is 4.57 Å². The molecule has 198 valence electrons. The van der Waals surface area contributed by atoms with Gasteiger partial charge in [0.25, 0.3) is 0 Å². The molecule has 0 aliphatic carbocycles. The van der Waals surface area contributed by atoms with Gasteiger partial charge in [-0.15, -0.1) is 0 Å². The number of para-hydroxylation sites is 2. The highest BCUT2D eigenvalue weighted by Crippen LogP contribution is 2.41. The van der Waals surface area contributed by atoms with Gasteiger partial charge in [-0.3, -0.25) is 0 Å². The van der Waals surface area contributed by atoms with E-state index >= 15 is 0 Å². The Morgan fingerprint density at radius 2 is 1.00 bits per heavy atom. The lowest BCUT2D eigenvalue weighted by atomic mass is 9.98. The maximum Gasteiger partial charge on any atom is 0.136 e. The summed E-state index contributed by atoms with van der Waals surface area (Å²) in [5, 5.41) is 25.3. The minimum Gasteiger partial charge on any atom is -0.456 e. The van der Waals surface area contributed by atoms with E-state index in [1.807, 2.05) is 48.5 Å². The van der Waals surface area contributed by atoms with Crippen molar-refractivity contribution in [3.05, 3.63) is 126 Å². The van der Waals surface area contributed by atoms with E-state index in [1.165, 1.54) is 10.8 Å². The van der Waals surface area contributed by atoms with Crippen molar-refractivity contribution >= 4 is 65.7 Å². The van der Waals surface area contributed by atoms with Crippen molar-refractivity contribution in [1.29, 1.82) is 10.5 Å². The third-order valence-corrected chi connectivity index (χ3v) is 8.45. The maximum atomic E-state index is 9.85. The molecule has 0 fully saturated rings. The zero-order valence-corrected chi connectivity index (χ0v) is 22.6. The standard InChI is InChI=1S/C38H19N3O2/c39-20-22-9-12-34(41-32-7-3-1-5-25(32)26-6-2-4-8-33(26)41)27(15-22)24-11-14-36-29(17-24)31-19-37-30(18-38(31)43-36)28-16-23(21-40)10-13-35(28)42-37/h1-19H. The average Bonchev–Trinajstić information content (AvgIpc) is 3.71. The van der Waals surface area contributed by atoms with Crippen molar-refractivity contribution in [3.8, 4) is 29.0 Å². The van der Waals surface area contributed by atoms with Crippen LogP contribution in [0.2, 0.25) is 0 Å². The van der Waals surface area contributed by atoms with E-state index < -0.39 is 0 Å². The molecule has 0 N–H and O–H groups in total. The SMILES string of the molecule is N#Cc1ccc(-n2c3ccccc3c3ccccc32)c(-c2ccc3oc4cc5c(cc4c3c2)oc2ccc(C#N)cc25)c1. The van der Waals surface area contributed by atoms with Crippen molar-refractivity contribution in [2.24, 2.45) is 0 Å². The number of hydrogen-bond donors (Lipinski definition) is 0. The highest BCUT2D eigenvalue weighted by molar-refractivity contribution is 6.15. The summed E-state index contributed by atoms with van der Waals surface area (Å²) in [6.07, 6.45) is 0. The van der Waals surface area contributed by atoms with Crippen molar-refractivity contribution in [1.82, 2.24) is 4.57 Å². The topological polar surface area (TPSA) is 78.8 Å². The van der Waals surface area contributed by atoms with Crippen LogP contribution in [0, 0.1) is 22.7 Å². The fraction of sp³-hybridized carbons (Fsp3) is 0. The second-order valence-electron chi connectivity index (χ2n) is 10.8. The van der Waals surface area contributed by atoms with Crippen LogP contribution in [-0.2, 0) is 0 Å². The Hall–Kier alpha value is -6.30. The van der Waals surface area contributed by atoms with Crippen LogP contribution in [0.4, 0.5) is 0 Å². The highest BCUT2D eigenvalue weighted by atomic mass is 16.3. The quantitative estimate of drug-likeness (QED) is 0.215. The molecule has 0 spiro atoms. The first kappa shape index (κ1) is 23.4. The largest absolute Gasteiger partial charge is 0.456 e. The Labute approximate surface area is 244 Å². The monoisotopic (exact) mass is 549 g/mol. The minimum atomic E-state index is 0.586. The molecule has 0 saturated heterocycles. The van der Waals surface area contributed by atoms with E-state index in [0.29, 0.717) is 11.1 Å². The summed E-state index contributed by atoms with van der Waals surface area (Å²) in [6, 6.07) is 42.9. The molecule has 9 aromatic rings. The highest BCUT2D eigenvalue weighted by Gasteiger charge is 2.18. The molecule has 9 rings (SSSR count). The number of benzene rings is 6. The third-order valence-electron chi connectivity index (χ3n) is 8.45. The smallest absolute Gasteiger partial charge is 0.136 e. The molecule has 0 bridgehead atoms. The summed E-state index contributed by atoms with van der Waals surface area (Å²) < 4.78 is 14.8. The zero-order chi connectivity index (χ0) is 28.7. The Balaban J connectivity index is 1.31. The number of furan rings is 2. The van der Waals surface area contributed by atoms with Gasteiger partial charge in [-0.1, -0.05) is 42.5 Å². The molecule has 0 atom stereocenters. The van der Waals surface area contributed by atoms with Crippen molar-refractivity contribution in [2.45, 2.75) is 0 Å². The van der Waals surface area contributed by atoms with Crippen LogP contribution >= 0.6 is 0 Å². The molecule has 0 aliphatic rings. The van der Waals surface area contributed by atoms with Crippen LogP contribution in [0.1, 0.15) is 11.1 Å². The first-order valence-corrected chi connectivity index (χ1v) is 14.0. The maximum absolute atomic E-state index is 9.85. The molecule has 0 amide bonds. The number of aromatic nitrogens is 1. The van der Waals surface area contributed by atoms with Crippen LogP contribution < -0.4 is 0 Å². The summed E-state index contributed by atoms with van der Waals surface area (Å²) >= 11 is 0. The molecular weight excluding hydrogens is 530 g/mol. The lowest BCUT2D eigenvalue weighted by Gasteiger charge is -2.14. The van der Waals surface area contributed by atoms with Gasteiger partial charge in [0, 0.05) is 37.9 Å². The van der Waals surface area contributed by atoms with Crippen molar-refractivity contribution < 1.29 is 8.83 Å². The van der Waals surface area contributed by atoms with Gasteiger partial charge in [-0.05, 0) is 78.4 Å². The van der Waals surface area contributed by atoms with Crippen LogP contribution in [0.15, 0.2) is 124 Å². The summed E-state index contributed by atoms with van der Waals surface area (Å²) in [7, 11) is 0. The molecule has 5 heteroatoms. The Kier molecular flexibility index (Phi) is 4.68. The fourth-order valence-corrected chi connectivity index (χ4v) is 6.50. The molecule has 0 saturated carbocycles. The molecular formula is C38H19N3O2. The van der Waals surface area contributed by atoms with Gasteiger partial charge in [-0.2, -0.15) is 10.5 Å². The molecule has 0 aliphatic heterocycles. The van der Waals surface area contributed by atoms with Gasteiger partial charge >= 0.3 is 0 Å². The van der Waals surface area contributed by atoms with Gasteiger partial charge in [0.1, 0.15) is 22.3 Å². The van der Waals surface area contributed by atoms with E-state index in [9.17, 15) is 10.5 Å². The van der Waals surface area contributed by atoms with E-state index in [2.05, 4.69) is 77.4 Å². The lowest BCUT2D eigenvalue weighted by molar-refractivity contribution is 0.664. The normalized spacial score (nSPS) is 11.7. The van der Waals surface area contributed by atoms with Gasteiger partial charge in [0.15, 0.2) is 0 Å². The van der Waals surface area contributed by atoms with E-state index in [1.54, 1.807) is 6.07 Å². The molecule has 6 aromatic carbocycles. The summed E-state index contributed by atoms with van der Waals surface area (Å²) in [5.41, 5.74) is 9.31. The van der Waals surface area contributed by atoms with Crippen LogP contribution in [0.5, 0.6) is 0 Å². The second-order valence-corrected chi connectivity index (χ2v) is 10.8. The molecule has 43 heavy (non-hydrogen) atoms. The van der Waals surface area contributed by atoms with Crippen molar-refractivity contribution in [3.63, 3.8) is 0 Å². The number of nitriles is 2. The first-order chi connectivity index (χ1) is 21.2. The molecule has 3 heterocycles. The van der Waals surface area contributed by atoms with Gasteiger partial charge < -0.3 is 13.4 Å². The Bertz CT molecular complexity index is 2650. The molecule has 0 radical (unpaired) electrons. The van der Waals surface area contributed by atoms with E-state index in [-0.39, 0.29) is 0 Å². The summed E-state index contributed by atoms with van der Waals surface area (Å²) in [4.78, 5) is 0. The van der Waals surface area contributed by atoms with Crippen LogP contribution in [0.3, 0.4) is 0 Å². The number of fused-ring (bicyclic) bond motifs is 9. The zero-order valence-electron chi connectivity index (χ0n) is 22.6. The predicted molar refractivity (Wildman–Crippen MR) is 170 cm³/mol. The van der Waals surface area contributed by atoms with E-state index in [4.69, 9.17) is 8.83 Å². The lowest BCUT2D eigenvalue weighted by Crippen LogP contribution is -1.98. The number of hydrogen-bond acceptors (Lipinski definition) is 4. The average molecular weight is 550 g/mol. The summed E-state index contributed by atoms with van der Waals surface area (Å²) in [6.45, 7) is 0. The number of nitrogens with zero attached hydrogens (tertiary/aromatic N) is 3. The Morgan fingerprint density at radius 3 is 1.65 bits per heavy atom. The Morgan fingerprint density at radius 1 is 0.465 bits per heavy atom. The van der Waals surface area contributed by atoms with Crippen LogP contribution in [0.25, 0.3) is 82.5 Å². The molecule has 5 nitrogen and oxygen atoms in total. The van der Waals surface area contributed by atoms with Gasteiger partial charge in [-0.25, -0.2) is 0 Å². The predicted octanol–water partition coefficient (Wildman–Crippen LogP) is 9.99.